The molecule has 0 saturated carbocycles. The van der Waals surface area contributed by atoms with Gasteiger partial charge < -0.3 is 35.0 Å². The SMILES string of the molecule is CCCC(=O)N(Cc1ccc(Cl)cc1Cl)[C@@H]1CC(C(=O)NCCO)=C[C@H](Oc2c(I)cc(CO)cc2OC)[C@H]1O. The number of nitrogens with one attached hydrogen (secondary N) is 1. The van der Waals surface area contributed by atoms with E-state index in [-0.39, 0.29) is 45.1 Å². The Morgan fingerprint density at radius 3 is 2.58 bits per heavy atom. The van der Waals surface area contributed by atoms with Crippen LogP contribution >= 0.6 is 45.8 Å². The predicted octanol–water partition coefficient (Wildman–Crippen LogP) is 3.84. The summed E-state index contributed by atoms with van der Waals surface area (Å²) in [6.45, 7) is 1.57. The Balaban J connectivity index is 2.05. The summed E-state index contributed by atoms with van der Waals surface area (Å²) in [5.74, 6) is 0.0115. The molecule has 12 heteroatoms. The van der Waals surface area contributed by atoms with Gasteiger partial charge in [0.2, 0.25) is 11.8 Å². The quantitative estimate of drug-likeness (QED) is 0.247. The molecule has 1 aliphatic carbocycles. The molecule has 40 heavy (non-hydrogen) atoms. The first-order valence-electron chi connectivity index (χ1n) is 12.8. The summed E-state index contributed by atoms with van der Waals surface area (Å²) >= 11 is 14.6. The third-order valence-electron chi connectivity index (χ3n) is 6.48. The monoisotopic (exact) mass is 706 g/mol. The van der Waals surface area contributed by atoms with Crippen molar-refractivity contribution in [3.05, 3.63) is 66.7 Å². The predicted molar refractivity (Wildman–Crippen MR) is 161 cm³/mol. The van der Waals surface area contributed by atoms with Gasteiger partial charge in [0.05, 0.1) is 29.9 Å². The zero-order valence-electron chi connectivity index (χ0n) is 22.2. The largest absolute Gasteiger partial charge is 0.493 e. The van der Waals surface area contributed by atoms with Crippen molar-refractivity contribution in [3.63, 3.8) is 0 Å². The van der Waals surface area contributed by atoms with Gasteiger partial charge in [-0.3, -0.25) is 9.59 Å². The summed E-state index contributed by atoms with van der Waals surface area (Å²) in [7, 11) is 1.46. The molecule has 2 aromatic carbocycles. The minimum atomic E-state index is -1.22. The number of amides is 2. The van der Waals surface area contributed by atoms with Gasteiger partial charge >= 0.3 is 0 Å². The van der Waals surface area contributed by atoms with E-state index in [1.54, 1.807) is 30.3 Å². The molecular weight excluding hydrogens is 674 g/mol. The molecule has 218 valence electrons. The van der Waals surface area contributed by atoms with Gasteiger partial charge in [-0.15, -0.1) is 0 Å². The van der Waals surface area contributed by atoms with Gasteiger partial charge in [-0.25, -0.2) is 0 Å². The van der Waals surface area contributed by atoms with Crippen molar-refractivity contribution in [3.8, 4) is 11.5 Å². The van der Waals surface area contributed by atoms with Crippen LogP contribution in [0.4, 0.5) is 0 Å². The highest BCUT2D eigenvalue weighted by atomic mass is 127. The highest BCUT2D eigenvalue weighted by Gasteiger charge is 2.41. The van der Waals surface area contributed by atoms with E-state index in [1.165, 1.54) is 18.1 Å². The minimum absolute atomic E-state index is 0.0438. The molecule has 2 amide bonds. The van der Waals surface area contributed by atoms with Crippen LogP contribution < -0.4 is 14.8 Å². The molecule has 4 N–H and O–H groups in total. The standard InChI is InChI=1S/C28H33Cl2IN2O7/c1-3-4-25(36)33(14-17-5-6-19(29)13-20(17)30)22-11-18(28(38)32-7-8-34)12-23(26(22)37)40-27-21(31)9-16(15-35)10-24(27)39-2/h5-6,9-10,12-13,22-23,26,34-35,37H,3-4,7-8,11,14-15H2,1-2H3,(H,32,38)/t22-,23+,26+/m1/s1. The molecule has 0 unspecified atom stereocenters. The van der Waals surface area contributed by atoms with Crippen LogP contribution in [-0.2, 0) is 22.7 Å². The van der Waals surface area contributed by atoms with E-state index in [9.17, 15) is 24.9 Å². The topological polar surface area (TPSA) is 129 Å². The summed E-state index contributed by atoms with van der Waals surface area (Å²) in [6.07, 6.45) is 0.133. The van der Waals surface area contributed by atoms with Crippen molar-refractivity contribution in [1.82, 2.24) is 10.2 Å². The lowest BCUT2D eigenvalue weighted by molar-refractivity contribution is -0.139. The third-order valence-corrected chi connectivity index (χ3v) is 7.87. The van der Waals surface area contributed by atoms with Gasteiger partial charge in [0.15, 0.2) is 11.5 Å². The van der Waals surface area contributed by atoms with Crippen LogP contribution in [0.15, 0.2) is 42.0 Å². The molecule has 0 saturated heterocycles. The number of carbonyl (C=O) groups excluding carboxylic acids is 2. The molecule has 0 bridgehead atoms. The Labute approximate surface area is 257 Å². The van der Waals surface area contributed by atoms with Crippen LogP contribution in [0.2, 0.25) is 10.0 Å². The Morgan fingerprint density at radius 1 is 1.20 bits per heavy atom. The van der Waals surface area contributed by atoms with Crippen molar-refractivity contribution >= 4 is 57.6 Å². The second kappa shape index (κ2) is 15.2. The lowest BCUT2D eigenvalue weighted by Gasteiger charge is -2.41. The van der Waals surface area contributed by atoms with Crippen LogP contribution in [0.25, 0.3) is 0 Å². The summed E-state index contributed by atoms with van der Waals surface area (Å²) < 4.78 is 12.4. The van der Waals surface area contributed by atoms with Crippen molar-refractivity contribution in [2.75, 3.05) is 20.3 Å². The van der Waals surface area contributed by atoms with E-state index in [2.05, 4.69) is 5.32 Å². The highest BCUT2D eigenvalue weighted by molar-refractivity contribution is 14.1. The van der Waals surface area contributed by atoms with Crippen molar-refractivity contribution in [2.45, 2.75) is 57.6 Å². The maximum absolute atomic E-state index is 13.4. The fraction of sp³-hybridized carbons (Fsp3) is 0.429. The summed E-state index contributed by atoms with van der Waals surface area (Å²) in [5, 5.41) is 33.9. The Hall–Kier alpha value is -2.09. The van der Waals surface area contributed by atoms with E-state index in [0.29, 0.717) is 48.2 Å². The van der Waals surface area contributed by atoms with Gasteiger partial charge in [0, 0.05) is 41.5 Å². The number of aliphatic hydroxyl groups is 3. The molecule has 0 spiro atoms. The Morgan fingerprint density at radius 2 is 1.95 bits per heavy atom. The van der Waals surface area contributed by atoms with Gasteiger partial charge in [0.25, 0.3) is 0 Å². The Bertz CT molecular complexity index is 1240. The third kappa shape index (κ3) is 8.01. The second-order valence-electron chi connectivity index (χ2n) is 9.29. The normalized spacial score (nSPS) is 18.6. The summed E-state index contributed by atoms with van der Waals surface area (Å²) in [4.78, 5) is 28.0. The number of halogens is 3. The van der Waals surface area contributed by atoms with Crippen molar-refractivity contribution in [1.29, 1.82) is 0 Å². The first-order valence-corrected chi connectivity index (χ1v) is 14.6. The molecule has 3 rings (SSSR count). The van der Waals surface area contributed by atoms with E-state index in [1.807, 2.05) is 29.5 Å². The first-order chi connectivity index (χ1) is 19.1. The molecule has 0 aliphatic heterocycles. The first kappa shape index (κ1) is 32.4. The second-order valence-corrected chi connectivity index (χ2v) is 11.3. The number of rotatable bonds is 12. The molecule has 0 radical (unpaired) electrons. The van der Waals surface area contributed by atoms with E-state index < -0.39 is 24.2 Å². The molecule has 0 fully saturated rings. The van der Waals surface area contributed by atoms with Crippen LogP contribution in [0.5, 0.6) is 11.5 Å². The maximum Gasteiger partial charge on any atom is 0.247 e. The summed E-state index contributed by atoms with van der Waals surface area (Å²) in [6, 6.07) is 7.50. The molecular formula is C28H33Cl2IN2O7. The lowest BCUT2D eigenvalue weighted by Crippen LogP contribution is -2.54. The molecule has 1 aliphatic rings. The Kier molecular flexibility index (Phi) is 12.3. The number of ether oxygens (including phenoxy) is 2. The highest BCUT2D eigenvalue weighted by Crippen LogP contribution is 2.37. The zero-order valence-corrected chi connectivity index (χ0v) is 25.9. The molecule has 0 heterocycles. The van der Waals surface area contributed by atoms with Crippen LogP contribution in [0.1, 0.15) is 37.3 Å². The van der Waals surface area contributed by atoms with Gasteiger partial charge in [0.1, 0.15) is 12.2 Å². The minimum Gasteiger partial charge on any atom is -0.493 e. The number of hydrogen-bond donors (Lipinski definition) is 4. The number of hydrogen-bond acceptors (Lipinski definition) is 7. The van der Waals surface area contributed by atoms with Crippen LogP contribution in [0.3, 0.4) is 0 Å². The number of aliphatic hydroxyl groups excluding tert-OH is 3. The average Bonchev–Trinajstić information content (AvgIpc) is 2.93. The van der Waals surface area contributed by atoms with Gasteiger partial charge in [-0.05, 0) is 70.5 Å². The number of methoxy groups -OCH3 is 1. The number of benzene rings is 2. The molecule has 0 aromatic heterocycles. The lowest BCUT2D eigenvalue weighted by atomic mass is 9.87. The fourth-order valence-corrected chi connectivity index (χ4v) is 5.74. The van der Waals surface area contributed by atoms with Crippen molar-refractivity contribution in [2.24, 2.45) is 0 Å². The fourth-order valence-electron chi connectivity index (χ4n) is 4.48. The van der Waals surface area contributed by atoms with Crippen molar-refractivity contribution < 1.29 is 34.4 Å². The van der Waals surface area contributed by atoms with Crippen LogP contribution in [0, 0.1) is 3.57 Å². The smallest absolute Gasteiger partial charge is 0.247 e. The number of nitrogens with zero attached hydrogens (tertiary/aromatic N) is 1. The maximum atomic E-state index is 13.4. The van der Waals surface area contributed by atoms with E-state index in [0.717, 1.165) is 0 Å². The molecule has 3 atom stereocenters. The summed E-state index contributed by atoms with van der Waals surface area (Å²) in [5.41, 5.74) is 1.55. The molecule has 9 nitrogen and oxygen atoms in total. The number of carbonyl (C=O) groups is 2. The van der Waals surface area contributed by atoms with Gasteiger partial charge in [-0.2, -0.15) is 0 Å². The average molecular weight is 707 g/mol. The zero-order chi connectivity index (χ0) is 29.4. The van der Waals surface area contributed by atoms with E-state index in [4.69, 9.17) is 32.7 Å². The molecule has 2 aromatic rings. The van der Waals surface area contributed by atoms with Crippen LogP contribution in [-0.4, -0.2) is 70.5 Å². The van der Waals surface area contributed by atoms with E-state index >= 15 is 0 Å². The van der Waals surface area contributed by atoms with Gasteiger partial charge in [-0.1, -0.05) is 36.2 Å².